The lowest BCUT2D eigenvalue weighted by Gasteiger charge is -2.23. The van der Waals surface area contributed by atoms with Crippen LogP contribution >= 0.6 is 0 Å². The molecule has 0 spiro atoms. The standard InChI is InChI=1S/C19H21NO2/c1-3-15-8-5-7-11-18(15)22-14(2)19(21)20-13-12-16-9-4-6-10-17(16)20/h4-11,14H,3,12-13H2,1-2H3. The van der Waals surface area contributed by atoms with Gasteiger partial charge in [0.2, 0.25) is 0 Å². The van der Waals surface area contributed by atoms with Crippen molar-refractivity contribution in [1.29, 1.82) is 0 Å². The average molecular weight is 295 g/mol. The van der Waals surface area contributed by atoms with Gasteiger partial charge in [-0.25, -0.2) is 0 Å². The van der Waals surface area contributed by atoms with Gasteiger partial charge in [-0.05, 0) is 43.0 Å². The van der Waals surface area contributed by atoms with Crippen LogP contribution in [0.15, 0.2) is 48.5 Å². The van der Waals surface area contributed by atoms with Crippen molar-refractivity contribution in [3.8, 4) is 5.75 Å². The van der Waals surface area contributed by atoms with Gasteiger partial charge in [0.05, 0.1) is 0 Å². The molecule has 2 aromatic rings. The number of hydrogen-bond donors (Lipinski definition) is 0. The van der Waals surface area contributed by atoms with Gasteiger partial charge in [-0.2, -0.15) is 0 Å². The molecular weight excluding hydrogens is 274 g/mol. The molecule has 0 N–H and O–H groups in total. The van der Waals surface area contributed by atoms with Gasteiger partial charge in [-0.1, -0.05) is 43.3 Å². The molecule has 1 aliphatic rings. The number of aryl methyl sites for hydroxylation is 1. The van der Waals surface area contributed by atoms with E-state index >= 15 is 0 Å². The van der Waals surface area contributed by atoms with Crippen molar-refractivity contribution in [3.63, 3.8) is 0 Å². The van der Waals surface area contributed by atoms with E-state index in [1.54, 1.807) is 0 Å². The van der Waals surface area contributed by atoms with E-state index in [0.717, 1.165) is 36.4 Å². The SMILES string of the molecule is CCc1ccccc1OC(C)C(=O)N1CCc2ccccc21. The van der Waals surface area contributed by atoms with Gasteiger partial charge in [-0.3, -0.25) is 4.79 Å². The molecule has 1 atom stereocenters. The Hall–Kier alpha value is -2.29. The number of rotatable bonds is 4. The predicted octanol–water partition coefficient (Wildman–Crippen LogP) is 3.61. The summed E-state index contributed by atoms with van der Waals surface area (Å²) in [6, 6.07) is 16.0. The second-order valence-electron chi connectivity index (χ2n) is 5.59. The van der Waals surface area contributed by atoms with Crippen LogP contribution in [0.4, 0.5) is 5.69 Å². The molecule has 0 aliphatic carbocycles. The van der Waals surface area contributed by atoms with Crippen LogP contribution in [0.1, 0.15) is 25.0 Å². The molecule has 0 saturated heterocycles. The number of nitrogens with zero attached hydrogens (tertiary/aromatic N) is 1. The first-order valence-corrected chi connectivity index (χ1v) is 7.84. The zero-order valence-electron chi connectivity index (χ0n) is 13.1. The molecule has 3 nitrogen and oxygen atoms in total. The Morgan fingerprint density at radius 2 is 1.91 bits per heavy atom. The number of benzene rings is 2. The van der Waals surface area contributed by atoms with Crippen molar-refractivity contribution in [2.24, 2.45) is 0 Å². The number of carbonyl (C=O) groups is 1. The molecule has 1 aliphatic heterocycles. The first-order valence-electron chi connectivity index (χ1n) is 7.84. The average Bonchev–Trinajstić information content (AvgIpc) is 2.98. The molecule has 2 aromatic carbocycles. The second kappa shape index (κ2) is 6.22. The van der Waals surface area contributed by atoms with Gasteiger partial charge in [-0.15, -0.1) is 0 Å². The Bertz CT molecular complexity index is 681. The quantitative estimate of drug-likeness (QED) is 0.862. The van der Waals surface area contributed by atoms with Gasteiger partial charge in [0, 0.05) is 12.2 Å². The number of fused-ring (bicyclic) bond motifs is 1. The summed E-state index contributed by atoms with van der Waals surface area (Å²) in [6.07, 6.45) is 1.32. The summed E-state index contributed by atoms with van der Waals surface area (Å²) in [5, 5.41) is 0. The summed E-state index contributed by atoms with van der Waals surface area (Å²) in [7, 11) is 0. The topological polar surface area (TPSA) is 29.5 Å². The van der Waals surface area contributed by atoms with E-state index in [-0.39, 0.29) is 5.91 Å². The normalized spacial score (nSPS) is 14.5. The molecule has 0 saturated carbocycles. The lowest BCUT2D eigenvalue weighted by Crippen LogP contribution is -2.39. The van der Waals surface area contributed by atoms with E-state index in [4.69, 9.17) is 4.74 Å². The van der Waals surface area contributed by atoms with E-state index in [1.807, 2.05) is 54.3 Å². The highest BCUT2D eigenvalue weighted by atomic mass is 16.5. The van der Waals surface area contributed by atoms with Gasteiger partial charge in [0.25, 0.3) is 5.91 Å². The third-order valence-electron chi connectivity index (χ3n) is 4.16. The van der Waals surface area contributed by atoms with E-state index in [9.17, 15) is 4.79 Å². The minimum Gasteiger partial charge on any atom is -0.481 e. The molecule has 22 heavy (non-hydrogen) atoms. The molecule has 1 heterocycles. The van der Waals surface area contributed by atoms with E-state index in [0.29, 0.717) is 0 Å². The van der Waals surface area contributed by atoms with Crippen LogP contribution < -0.4 is 9.64 Å². The van der Waals surface area contributed by atoms with Crippen molar-refractivity contribution in [2.45, 2.75) is 32.8 Å². The van der Waals surface area contributed by atoms with Crippen molar-refractivity contribution in [2.75, 3.05) is 11.4 Å². The van der Waals surface area contributed by atoms with Gasteiger partial charge in [0.1, 0.15) is 5.75 Å². The van der Waals surface area contributed by atoms with E-state index < -0.39 is 6.10 Å². The van der Waals surface area contributed by atoms with Crippen LogP contribution in [0, 0.1) is 0 Å². The van der Waals surface area contributed by atoms with Crippen molar-refractivity contribution < 1.29 is 9.53 Å². The van der Waals surface area contributed by atoms with Crippen LogP contribution in [-0.2, 0) is 17.6 Å². The zero-order valence-corrected chi connectivity index (χ0v) is 13.1. The number of ether oxygens (including phenoxy) is 1. The Morgan fingerprint density at radius 1 is 1.18 bits per heavy atom. The number of hydrogen-bond acceptors (Lipinski definition) is 2. The number of carbonyl (C=O) groups excluding carboxylic acids is 1. The Balaban J connectivity index is 1.76. The summed E-state index contributed by atoms with van der Waals surface area (Å²) < 4.78 is 5.93. The monoisotopic (exact) mass is 295 g/mol. The maximum Gasteiger partial charge on any atom is 0.267 e. The summed E-state index contributed by atoms with van der Waals surface area (Å²) in [5.74, 6) is 0.828. The first kappa shape index (κ1) is 14.6. The highest BCUT2D eigenvalue weighted by Crippen LogP contribution is 2.29. The fraction of sp³-hybridized carbons (Fsp3) is 0.316. The fourth-order valence-electron chi connectivity index (χ4n) is 2.94. The van der Waals surface area contributed by atoms with Crippen LogP contribution in [0.3, 0.4) is 0 Å². The Kier molecular flexibility index (Phi) is 4.14. The minimum atomic E-state index is -0.487. The smallest absolute Gasteiger partial charge is 0.267 e. The zero-order chi connectivity index (χ0) is 15.5. The molecule has 3 heteroatoms. The summed E-state index contributed by atoms with van der Waals surface area (Å²) >= 11 is 0. The number of para-hydroxylation sites is 2. The number of amides is 1. The van der Waals surface area contributed by atoms with Crippen LogP contribution in [0.5, 0.6) is 5.75 Å². The van der Waals surface area contributed by atoms with Crippen LogP contribution in [-0.4, -0.2) is 18.6 Å². The van der Waals surface area contributed by atoms with Gasteiger partial charge >= 0.3 is 0 Å². The maximum atomic E-state index is 12.7. The molecular formula is C19H21NO2. The van der Waals surface area contributed by atoms with Crippen molar-refractivity contribution in [3.05, 3.63) is 59.7 Å². The molecule has 114 valence electrons. The molecule has 1 unspecified atom stereocenters. The van der Waals surface area contributed by atoms with Crippen LogP contribution in [0.2, 0.25) is 0 Å². The second-order valence-corrected chi connectivity index (χ2v) is 5.59. The molecule has 0 fully saturated rings. The molecule has 1 amide bonds. The summed E-state index contributed by atoms with van der Waals surface area (Å²) in [5.41, 5.74) is 3.38. The van der Waals surface area contributed by atoms with E-state index in [2.05, 4.69) is 13.0 Å². The van der Waals surface area contributed by atoms with Crippen molar-refractivity contribution in [1.82, 2.24) is 0 Å². The lowest BCUT2D eigenvalue weighted by atomic mass is 10.1. The third kappa shape index (κ3) is 2.71. The number of anilines is 1. The van der Waals surface area contributed by atoms with Crippen molar-refractivity contribution >= 4 is 11.6 Å². The molecule has 0 aromatic heterocycles. The Labute approximate surface area is 131 Å². The highest BCUT2D eigenvalue weighted by molar-refractivity contribution is 5.98. The summed E-state index contributed by atoms with van der Waals surface area (Å²) in [4.78, 5) is 14.6. The highest BCUT2D eigenvalue weighted by Gasteiger charge is 2.28. The predicted molar refractivity (Wildman–Crippen MR) is 88.4 cm³/mol. The van der Waals surface area contributed by atoms with Crippen LogP contribution in [0.25, 0.3) is 0 Å². The summed E-state index contributed by atoms with van der Waals surface area (Å²) in [6.45, 7) is 4.66. The maximum absolute atomic E-state index is 12.7. The first-order chi connectivity index (χ1) is 10.7. The molecule has 3 rings (SSSR count). The van der Waals surface area contributed by atoms with Gasteiger partial charge in [0.15, 0.2) is 6.10 Å². The van der Waals surface area contributed by atoms with Gasteiger partial charge < -0.3 is 9.64 Å². The largest absolute Gasteiger partial charge is 0.481 e. The Morgan fingerprint density at radius 3 is 2.73 bits per heavy atom. The molecule has 0 bridgehead atoms. The minimum absolute atomic E-state index is 0.0239. The van der Waals surface area contributed by atoms with E-state index in [1.165, 1.54) is 5.56 Å². The lowest BCUT2D eigenvalue weighted by molar-refractivity contribution is -0.124. The fourth-order valence-corrected chi connectivity index (χ4v) is 2.94. The third-order valence-corrected chi connectivity index (χ3v) is 4.16. The molecule has 0 radical (unpaired) electrons.